The van der Waals surface area contributed by atoms with Crippen molar-refractivity contribution in [2.45, 2.75) is 53.5 Å². The summed E-state index contributed by atoms with van der Waals surface area (Å²) < 4.78 is 70.2. The summed E-state index contributed by atoms with van der Waals surface area (Å²) in [5, 5.41) is 5.04. The molecule has 0 saturated carbocycles. The number of carbonyl (C=O) groups excluding carboxylic acids is 1. The van der Waals surface area contributed by atoms with Gasteiger partial charge in [-0.3, -0.25) is 9.79 Å². The van der Waals surface area contributed by atoms with Crippen LogP contribution < -0.4 is 16.4 Å². The van der Waals surface area contributed by atoms with Crippen LogP contribution in [0.25, 0.3) is 5.57 Å². The van der Waals surface area contributed by atoms with Gasteiger partial charge >= 0.3 is 0 Å². The summed E-state index contributed by atoms with van der Waals surface area (Å²) in [6, 6.07) is 8.30. The van der Waals surface area contributed by atoms with E-state index in [2.05, 4.69) is 23.0 Å². The Labute approximate surface area is 261 Å². The number of aliphatic imine (C=N–C) groups is 1. The molecule has 10 heteroatoms. The van der Waals surface area contributed by atoms with E-state index in [4.69, 9.17) is 5.73 Å². The molecule has 2 rings (SSSR count). The SMILES string of the molecule is C=C/C(=C\C(C(=O)Nc1c(F)cc(F)cc1F)=C(/C)NCc1ccc(C(/C=C(C(N)=NC)\C(C)=C\CC)=C/C)cc1)C(C)(F)F. The van der Waals surface area contributed by atoms with Crippen molar-refractivity contribution >= 4 is 23.0 Å². The van der Waals surface area contributed by atoms with E-state index in [1.54, 1.807) is 7.05 Å². The average Bonchev–Trinajstić information content (AvgIpc) is 2.98. The largest absolute Gasteiger partial charge is 0.384 e. The standard InChI is InChI=1S/C35H39F5N4O/c1-8-11-21(4)28(33(41)42-7)16-24(9-2)25-14-12-23(13-15-25)20-43-22(5)29(17-26(10-3)35(6,39)40)34(45)44-32-30(37)18-27(36)19-31(32)38/h9-19,43H,3,8,20H2,1-2,4-7H3,(H2,41,42)(H,44,45)/b21-11+,24-9+,26-17+,28-16+,29-22-. The van der Waals surface area contributed by atoms with Crippen molar-refractivity contribution in [1.82, 2.24) is 5.32 Å². The van der Waals surface area contributed by atoms with E-state index in [0.717, 1.165) is 46.4 Å². The molecular weight excluding hydrogens is 587 g/mol. The second-order valence-corrected chi connectivity index (χ2v) is 10.2. The summed E-state index contributed by atoms with van der Waals surface area (Å²) in [4.78, 5) is 17.3. The van der Waals surface area contributed by atoms with Crippen molar-refractivity contribution in [3.8, 4) is 0 Å². The molecule has 0 heterocycles. The quantitative estimate of drug-likeness (QED) is 0.0686. The van der Waals surface area contributed by atoms with Crippen LogP contribution in [0.3, 0.4) is 0 Å². The van der Waals surface area contributed by atoms with Crippen LogP contribution in [0.5, 0.6) is 0 Å². The molecule has 0 atom stereocenters. The van der Waals surface area contributed by atoms with E-state index in [-0.39, 0.29) is 17.8 Å². The topological polar surface area (TPSA) is 79.5 Å². The van der Waals surface area contributed by atoms with Crippen LogP contribution in [0.1, 0.15) is 52.2 Å². The van der Waals surface area contributed by atoms with Crippen molar-refractivity contribution in [3.05, 3.63) is 130 Å². The van der Waals surface area contributed by atoms with Crippen LogP contribution in [-0.4, -0.2) is 24.7 Å². The van der Waals surface area contributed by atoms with Gasteiger partial charge < -0.3 is 16.4 Å². The monoisotopic (exact) mass is 626 g/mol. The molecule has 0 fully saturated rings. The van der Waals surface area contributed by atoms with Gasteiger partial charge in [-0.05, 0) is 61.6 Å². The number of hydrogen-bond acceptors (Lipinski definition) is 3. The minimum atomic E-state index is -3.37. The van der Waals surface area contributed by atoms with Crippen molar-refractivity contribution in [3.63, 3.8) is 0 Å². The smallest absolute Gasteiger partial charge is 0.270 e. The van der Waals surface area contributed by atoms with E-state index >= 15 is 0 Å². The third-order valence-electron chi connectivity index (χ3n) is 6.83. The highest BCUT2D eigenvalue weighted by Gasteiger charge is 2.27. The van der Waals surface area contributed by atoms with Crippen LogP contribution in [0.15, 0.2) is 106 Å². The number of allylic oxidation sites excluding steroid dienone is 7. The maximum absolute atomic E-state index is 14.2. The Balaban J connectivity index is 2.43. The number of nitrogens with zero attached hydrogens (tertiary/aromatic N) is 1. The normalized spacial score (nSPS) is 14.2. The second-order valence-electron chi connectivity index (χ2n) is 10.2. The fourth-order valence-electron chi connectivity index (χ4n) is 4.27. The van der Waals surface area contributed by atoms with Crippen LogP contribution in [0.2, 0.25) is 0 Å². The molecule has 0 radical (unpaired) electrons. The number of benzene rings is 2. The number of anilines is 1. The summed E-state index contributed by atoms with van der Waals surface area (Å²) in [6.07, 6.45) is 8.60. The highest BCUT2D eigenvalue weighted by atomic mass is 19.3. The van der Waals surface area contributed by atoms with Crippen LogP contribution >= 0.6 is 0 Å². The Morgan fingerprint density at radius 3 is 2.16 bits per heavy atom. The zero-order valence-electron chi connectivity index (χ0n) is 26.3. The first-order valence-electron chi connectivity index (χ1n) is 14.2. The van der Waals surface area contributed by atoms with Crippen LogP contribution in [0.4, 0.5) is 27.6 Å². The first-order chi connectivity index (χ1) is 21.2. The maximum atomic E-state index is 14.2. The van der Waals surface area contributed by atoms with Gasteiger partial charge in [-0.15, -0.1) is 0 Å². The number of amides is 1. The number of hydrogen-bond donors (Lipinski definition) is 3. The third-order valence-corrected chi connectivity index (χ3v) is 6.83. The average molecular weight is 627 g/mol. The third kappa shape index (κ3) is 10.2. The Morgan fingerprint density at radius 2 is 1.67 bits per heavy atom. The molecule has 1 amide bonds. The van der Waals surface area contributed by atoms with Gasteiger partial charge in [-0.1, -0.05) is 56.0 Å². The summed E-state index contributed by atoms with van der Waals surface area (Å²) in [6.45, 7) is 11.6. The molecule has 45 heavy (non-hydrogen) atoms. The van der Waals surface area contributed by atoms with E-state index in [1.807, 2.05) is 62.5 Å². The first kappa shape index (κ1) is 36.5. The molecule has 4 N–H and O–H groups in total. The van der Waals surface area contributed by atoms with Gasteiger partial charge in [0.2, 0.25) is 0 Å². The summed E-state index contributed by atoms with van der Waals surface area (Å²) in [7, 11) is 1.63. The molecule has 0 unspecified atom stereocenters. The minimum absolute atomic E-state index is 0.136. The fourth-order valence-corrected chi connectivity index (χ4v) is 4.27. The Kier molecular flexibility index (Phi) is 13.3. The second kappa shape index (κ2) is 16.4. The molecule has 2 aromatic carbocycles. The van der Waals surface area contributed by atoms with Crippen molar-refractivity contribution in [2.75, 3.05) is 12.4 Å². The van der Waals surface area contributed by atoms with E-state index in [9.17, 15) is 26.7 Å². The Bertz CT molecular complexity index is 1570. The molecule has 5 nitrogen and oxygen atoms in total. The van der Waals surface area contributed by atoms with Gasteiger partial charge in [-0.2, -0.15) is 0 Å². The number of carbonyl (C=O) groups is 1. The minimum Gasteiger partial charge on any atom is -0.384 e. The molecule has 0 aliphatic rings. The molecule has 0 saturated heterocycles. The molecule has 0 aliphatic carbocycles. The van der Waals surface area contributed by atoms with Crippen LogP contribution in [-0.2, 0) is 11.3 Å². The van der Waals surface area contributed by atoms with Gasteiger partial charge in [0.25, 0.3) is 11.8 Å². The van der Waals surface area contributed by atoms with Crippen molar-refractivity contribution in [1.29, 1.82) is 0 Å². The number of nitrogens with one attached hydrogen (secondary N) is 2. The lowest BCUT2D eigenvalue weighted by Gasteiger charge is -2.16. The number of rotatable bonds is 13. The summed E-state index contributed by atoms with van der Waals surface area (Å²) in [5.74, 6) is -7.94. The number of halogens is 5. The highest BCUT2D eigenvalue weighted by molar-refractivity contribution is 6.06. The lowest BCUT2D eigenvalue weighted by molar-refractivity contribution is -0.112. The fraction of sp³-hybridized carbons (Fsp3) is 0.257. The van der Waals surface area contributed by atoms with E-state index in [0.29, 0.717) is 24.9 Å². The molecule has 2 aromatic rings. The lowest BCUT2D eigenvalue weighted by Crippen LogP contribution is -2.23. The van der Waals surface area contributed by atoms with Crippen LogP contribution in [0, 0.1) is 17.5 Å². The van der Waals surface area contributed by atoms with Gasteiger partial charge in [0.05, 0.1) is 5.57 Å². The highest BCUT2D eigenvalue weighted by Crippen LogP contribution is 2.28. The van der Waals surface area contributed by atoms with Gasteiger partial charge in [0.1, 0.15) is 17.3 Å². The van der Waals surface area contributed by atoms with Gasteiger partial charge in [0.15, 0.2) is 11.6 Å². The molecule has 240 valence electrons. The number of alkyl halides is 2. The maximum Gasteiger partial charge on any atom is 0.270 e. The molecular formula is C35H39F5N4O. The Hall–Kier alpha value is -4.73. The number of nitrogens with two attached hydrogens (primary N) is 1. The predicted octanol–water partition coefficient (Wildman–Crippen LogP) is 8.55. The molecule has 0 aromatic heterocycles. The zero-order chi connectivity index (χ0) is 33.9. The van der Waals surface area contributed by atoms with E-state index in [1.165, 1.54) is 6.92 Å². The molecule has 0 spiro atoms. The summed E-state index contributed by atoms with van der Waals surface area (Å²) in [5.41, 5.74) is 8.89. The number of amidine groups is 1. The zero-order valence-corrected chi connectivity index (χ0v) is 26.3. The molecule has 0 aliphatic heterocycles. The molecule has 0 bridgehead atoms. The summed E-state index contributed by atoms with van der Waals surface area (Å²) >= 11 is 0. The lowest BCUT2D eigenvalue weighted by atomic mass is 9.97. The van der Waals surface area contributed by atoms with Crippen molar-refractivity contribution < 1.29 is 26.7 Å². The van der Waals surface area contributed by atoms with Gasteiger partial charge in [-0.25, -0.2) is 22.0 Å². The van der Waals surface area contributed by atoms with Gasteiger partial charge in [0, 0.05) is 49.5 Å². The predicted molar refractivity (Wildman–Crippen MR) is 173 cm³/mol. The van der Waals surface area contributed by atoms with Crippen molar-refractivity contribution in [2.24, 2.45) is 10.7 Å². The van der Waals surface area contributed by atoms with E-state index < -0.39 is 40.5 Å². The Morgan fingerprint density at radius 1 is 1.07 bits per heavy atom. The first-order valence-corrected chi connectivity index (χ1v) is 14.2.